The molecule has 0 aliphatic carbocycles. The highest BCUT2D eigenvalue weighted by molar-refractivity contribution is 5.37. The molecule has 1 unspecified atom stereocenters. The first-order valence-corrected chi connectivity index (χ1v) is 6.17. The van der Waals surface area contributed by atoms with Crippen LogP contribution in [0.3, 0.4) is 0 Å². The maximum Gasteiger partial charge on any atom is 0.196 e. The van der Waals surface area contributed by atoms with Crippen LogP contribution in [0.5, 0.6) is 0 Å². The van der Waals surface area contributed by atoms with Gasteiger partial charge >= 0.3 is 0 Å². The van der Waals surface area contributed by atoms with Gasteiger partial charge in [0.1, 0.15) is 6.10 Å². The van der Waals surface area contributed by atoms with Crippen LogP contribution in [0.4, 0.5) is 13.2 Å². The number of aromatic nitrogens is 2. The third-order valence-corrected chi connectivity index (χ3v) is 3.20. The Morgan fingerprint density at radius 2 is 2.10 bits per heavy atom. The van der Waals surface area contributed by atoms with Crippen molar-refractivity contribution in [3.63, 3.8) is 0 Å². The SMILES string of the molecule is Fc1ccc(-n2cncc2C2CNCCO2)c(F)c1F. The Kier molecular flexibility index (Phi) is 3.45. The number of benzene rings is 1. The molecule has 1 saturated heterocycles. The molecular weight excluding hydrogens is 271 g/mol. The third kappa shape index (κ3) is 2.19. The Labute approximate surface area is 113 Å². The number of nitrogens with one attached hydrogen (secondary N) is 1. The normalized spacial score (nSPS) is 19.2. The Balaban J connectivity index is 2.03. The molecule has 2 aromatic rings. The molecule has 1 aromatic heterocycles. The molecular formula is C13H12F3N3O. The maximum absolute atomic E-state index is 13.9. The predicted octanol–water partition coefficient (Wildman–Crippen LogP) is 1.95. The van der Waals surface area contributed by atoms with E-state index < -0.39 is 17.5 Å². The number of hydrogen-bond acceptors (Lipinski definition) is 3. The van der Waals surface area contributed by atoms with Gasteiger partial charge in [0.25, 0.3) is 0 Å². The zero-order valence-corrected chi connectivity index (χ0v) is 10.4. The number of ether oxygens (including phenoxy) is 1. The van der Waals surface area contributed by atoms with Crippen molar-refractivity contribution >= 4 is 0 Å². The summed E-state index contributed by atoms with van der Waals surface area (Å²) < 4.78 is 47.1. The highest BCUT2D eigenvalue weighted by atomic mass is 19.2. The van der Waals surface area contributed by atoms with Gasteiger partial charge in [-0.05, 0) is 12.1 Å². The van der Waals surface area contributed by atoms with Gasteiger partial charge in [-0.25, -0.2) is 18.2 Å². The van der Waals surface area contributed by atoms with E-state index >= 15 is 0 Å². The lowest BCUT2D eigenvalue weighted by molar-refractivity contribution is 0.0240. The van der Waals surface area contributed by atoms with Gasteiger partial charge in [-0.3, -0.25) is 4.57 Å². The average Bonchev–Trinajstić information content (AvgIpc) is 2.95. The van der Waals surface area contributed by atoms with E-state index in [4.69, 9.17) is 4.74 Å². The van der Waals surface area contributed by atoms with Gasteiger partial charge in [-0.2, -0.15) is 0 Å². The third-order valence-electron chi connectivity index (χ3n) is 3.20. The van der Waals surface area contributed by atoms with Crippen molar-refractivity contribution in [2.24, 2.45) is 0 Å². The molecule has 0 amide bonds. The van der Waals surface area contributed by atoms with E-state index in [2.05, 4.69) is 10.3 Å². The molecule has 20 heavy (non-hydrogen) atoms. The monoisotopic (exact) mass is 283 g/mol. The number of imidazole rings is 1. The van der Waals surface area contributed by atoms with Crippen LogP contribution in [0.2, 0.25) is 0 Å². The number of rotatable bonds is 2. The molecule has 0 saturated carbocycles. The molecule has 0 bridgehead atoms. The largest absolute Gasteiger partial charge is 0.369 e. The van der Waals surface area contributed by atoms with Gasteiger partial charge < -0.3 is 10.1 Å². The summed E-state index contributed by atoms with van der Waals surface area (Å²) in [7, 11) is 0. The lowest BCUT2D eigenvalue weighted by Crippen LogP contribution is -2.34. The molecule has 2 heterocycles. The molecule has 1 N–H and O–H groups in total. The predicted molar refractivity (Wildman–Crippen MR) is 65.0 cm³/mol. The molecule has 4 nitrogen and oxygen atoms in total. The summed E-state index contributed by atoms with van der Waals surface area (Å²) in [6.07, 6.45) is 2.57. The standard InChI is InChI=1S/C13H12F3N3O/c14-8-1-2-9(13(16)12(8)15)19-7-18-5-10(19)11-6-17-3-4-20-11/h1-2,5,7,11,17H,3-4,6H2. The van der Waals surface area contributed by atoms with Crippen molar-refractivity contribution < 1.29 is 17.9 Å². The molecule has 3 rings (SSSR count). The Bertz CT molecular complexity index is 623. The van der Waals surface area contributed by atoms with Crippen molar-refractivity contribution in [3.8, 4) is 5.69 Å². The van der Waals surface area contributed by atoms with Crippen LogP contribution < -0.4 is 5.32 Å². The Morgan fingerprint density at radius 1 is 1.25 bits per heavy atom. The van der Waals surface area contributed by atoms with Crippen LogP contribution in [-0.2, 0) is 4.74 Å². The van der Waals surface area contributed by atoms with E-state index in [9.17, 15) is 13.2 Å². The molecule has 0 radical (unpaired) electrons. The summed E-state index contributed by atoms with van der Waals surface area (Å²) in [5.74, 6) is -3.96. The summed E-state index contributed by atoms with van der Waals surface area (Å²) in [6.45, 7) is 1.82. The maximum atomic E-state index is 13.9. The van der Waals surface area contributed by atoms with Crippen molar-refractivity contribution in [3.05, 3.63) is 47.8 Å². The van der Waals surface area contributed by atoms with Crippen molar-refractivity contribution in [1.29, 1.82) is 0 Å². The summed E-state index contributed by atoms with van der Waals surface area (Å²) >= 11 is 0. The van der Waals surface area contributed by atoms with E-state index in [0.717, 1.165) is 12.6 Å². The van der Waals surface area contributed by atoms with Crippen LogP contribution in [0.1, 0.15) is 11.8 Å². The zero-order chi connectivity index (χ0) is 14.1. The minimum atomic E-state index is -1.50. The molecule has 1 atom stereocenters. The van der Waals surface area contributed by atoms with Gasteiger partial charge in [0, 0.05) is 13.1 Å². The second-order valence-corrected chi connectivity index (χ2v) is 4.45. The molecule has 1 aromatic carbocycles. The molecule has 1 aliphatic rings. The van der Waals surface area contributed by atoms with E-state index in [-0.39, 0.29) is 11.8 Å². The second kappa shape index (κ2) is 5.26. The number of nitrogens with zero attached hydrogens (tertiary/aromatic N) is 2. The van der Waals surface area contributed by atoms with Crippen molar-refractivity contribution in [2.75, 3.05) is 19.7 Å². The van der Waals surface area contributed by atoms with Gasteiger partial charge in [0.2, 0.25) is 0 Å². The summed E-state index contributed by atoms with van der Waals surface area (Å²) in [5.41, 5.74) is 0.493. The summed E-state index contributed by atoms with van der Waals surface area (Å²) in [6, 6.07) is 2.06. The lowest BCUT2D eigenvalue weighted by Gasteiger charge is -2.24. The average molecular weight is 283 g/mol. The quantitative estimate of drug-likeness (QED) is 0.856. The molecule has 1 fully saturated rings. The van der Waals surface area contributed by atoms with E-state index in [1.807, 2.05) is 0 Å². The van der Waals surface area contributed by atoms with Crippen LogP contribution in [0.15, 0.2) is 24.7 Å². The Hall–Kier alpha value is -1.86. The highest BCUT2D eigenvalue weighted by Crippen LogP contribution is 2.25. The highest BCUT2D eigenvalue weighted by Gasteiger charge is 2.23. The fourth-order valence-corrected chi connectivity index (χ4v) is 2.20. The number of hydrogen-bond donors (Lipinski definition) is 1. The minimum absolute atomic E-state index is 0.0921. The second-order valence-electron chi connectivity index (χ2n) is 4.45. The van der Waals surface area contributed by atoms with Crippen LogP contribution in [0.25, 0.3) is 5.69 Å². The number of halogens is 3. The molecule has 1 aliphatic heterocycles. The molecule has 106 valence electrons. The van der Waals surface area contributed by atoms with Crippen molar-refractivity contribution in [1.82, 2.24) is 14.9 Å². The first kappa shape index (κ1) is 13.1. The minimum Gasteiger partial charge on any atom is -0.369 e. The summed E-state index contributed by atoms with van der Waals surface area (Å²) in [5, 5.41) is 3.14. The van der Waals surface area contributed by atoms with E-state index in [1.54, 1.807) is 0 Å². The van der Waals surface area contributed by atoms with Crippen molar-refractivity contribution in [2.45, 2.75) is 6.10 Å². The van der Waals surface area contributed by atoms with Gasteiger partial charge in [-0.1, -0.05) is 0 Å². The van der Waals surface area contributed by atoms with Gasteiger partial charge in [0.15, 0.2) is 17.5 Å². The van der Waals surface area contributed by atoms with Crippen LogP contribution >= 0.6 is 0 Å². The van der Waals surface area contributed by atoms with Gasteiger partial charge in [-0.15, -0.1) is 0 Å². The zero-order valence-electron chi connectivity index (χ0n) is 10.4. The number of morpholine rings is 1. The van der Waals surface area contributed by atoms with Gasteiger partial charge in [0.05, 0.1) is 30.5 Å². The Morgan fingerprint density at radius 3 is 2.85 bits per heavy atom. The first-order chi connectivity index (χ1) is 9.68. The van der Waals surface area contributed by atoms with Crippen LogP contribution in [-0.4, -0.2) is 29.2 Å². The van der Waals surface area contributed by atoms with Crippen LogP contribution in [0, 0.1) is 17.5 Å². The summed E-state index contributed by atoms with van der Waals surface area (Å²) in [4.78, 5) is 3.94. The molecule has 0 spiro atoms. The molecule has 7 heteroatoms. The lowest BCUT2D eigenvalue weighted by atomic mass is 10.2. The first-order valence-electron chi connectivity index (χ1n) is 6.17. The topological polar surface area (TPSA) is 39.1 Å². The smallest absolute Gasteiger partial charge is 0.196 e. The fourth-order valence-electron chi connectivity index (χ4n) is 2.20. The van der Waals surface area contributed by atoms with E-state index in [0.29, 0.717) is 18.8 Å². The fraction of sp³-hybridized carbons (Fsp3) is 0.308. The van der Waals surface area contributed by atoms with E-state index in [1.165, 1.54) is 23.2 Å².